The van der Waals surface area contributed by atoms with Crippen LogP contribution in [0.4, 0.5) is 0 Å². The molecule has 0 radical (unpaired) electrons. The molecule has 124 valence electrons. The largest absolute Gasteiger partial charge is 0.493 e. The SMILES string of the molecule is CCOC(=O)c1oc2cccc(OCCCN=C(N)N)c2c1C. The second-order valence-electron chi connectivity index (χ2n) is 4.91. The Morgan fingerprint density at radius 1 is 1.35 bits per heavy atom. The fourth-order valence-electron chi connectivity index (χ4n) is 2.23. The molecule has 0 atom stereocenters. The molecule has 4 N–H and O–H groups in total. The van der Waals surface area contributed by atoms with Gasteiger partial charge in [0.2, 0.25) is 5.76 Å². The van der Waals surface area contributed by atoms with Crippen molar-refractivity contribution < 1.29 is 18.7 Å². The van der Waals surface area contributed by atoms with Gasteiger partial charge >= 0.3 is 5.97 Å². The van der Waals surface area contributed by atoms with Gasteiger partial charge in [0.1, 0.15) is 11.3 Å². The summed E-state index contributed by atoms with van der Waals surface area (Å²) in [6.07, 6.45) is 0.677. The lowest BCUT2D eigenvalue weighted by atomic mass is 10.1. The van der Waals surface area contributed by atoms with E-state index >= 15 is 0 Å². The third-order valence-electron chi connectivity index (χ3n) is 3.23. The van der Waals surface area contributed by atoms with Crippen LogP contribution < -0.4 is 16.2 Å². The van der Waals surface area contributed by atoms with Gasteiger partial charge in [-0.15, -0.1) is 0 Å². The number of carbonyl (C=O) groups is 1. The molecule has 0 saturated carbocycles. The monoisotopic (exact) mass is 319 g/mol. The number of carbonyl (C=O) groups excluding carboxylic acids is 1. The molecular formula is C16H21N3O4. The molecule has 7 nitrogen and oxygen atoms in total. The smallest absolute Gasteiger partial charge is 0.374 e. The Morgan fingerprint density at radius 3 is 2.83 bits per heavy atom. The van der Waals surface area contributed by atoms with Gasteiger partial charge in [0.25, 0.3) is 0 Å². The van der Waals surface area contributed by atoms with E-state index in [1.807, 2.05) is 19.1 Å². The van der Waals surface area contributed by atoms with E-state index in [1.165, 1.54) is 0 Å². The van der Waals surface area contributed by atoms with Gasteiger partial charge < -0.3 is 25.4 Å². The van der Waals surface area contributed by atoms with Crippen molar-refractivity contribution in [2.24, 2.45) is 16.5 Å². The summed E-state index contributed by atoms with van der Waals surface area (Å²) in [4.78, 5) is 15.8. The van der Waals surface area contributed by atoms with Gasteiger partial charge in [0, 0.05) is 18.5 Å². The van der Waals surface area contributed by atoms with Crippen molar-refractivity contribution in [2.45, 2.75) is 20.3 Å². The molecule has 0 aliphatic carbocycles. The number of aliphatic imine (C=N–C) groups is 1. The molecule has 0 aliphatic rings. The Morgan fingerprint density at radius 2 is 2.13 bits per heavy atom. The maximum atomic E-state index is 11.9. The van der Waals surface area contributed by atoms with E-state index in [0.29, 0.717) is 43.1 Å². The fraction of sp³-hybridized carbons (Fsp3) is 0.375. The van der Waals surface area contributed by atoms with Crippen molar-refractivity contribution in [1.82, 2.24) is 0 Å². The number of hydrogen-bond acceptors (Lipinski definition) is 5. The molecule has 0 bridgehead atoms. The molecule has 0 amide bonds. The second kappa shape index (κ2) is 7.53. The number of nitrogens with zero attached hydrogens (tertiary/aromatic N) is 1. The molecule has 23 heavy (non-hydrogen) atoms. The van der Waals surface area contributed by atoms with Crippen molar-refractivity contribution in [3.8, 4) is 5.75 Å². The zero-order valence-corrected chi connectivity index (χ0v) is 13.3. The lowest BCUT2D eigenvalue weighted by molar-refractivity contribution is 0.0491. The predicted molar refractivity (Wildman–Crippen MR) is 87.7 cm³/mol. The lowest BCUT2D eigenvalue weighted by Crippen LogP contribution is -2.23. The summed E-state index contributed by atoms with van der Waals surface area (Å²) in [5, 5.41) is 0.775. The zero-order valence-electron chi connectivity index (χ0n) is 13.3. The molecule has 2 aromatic rings. The number of rotatable bonds is 7. The molecule has 0 fully saturated rings. The van der Waals surface area contributed by atoms with E-state index in [2.05, 4.69) is 4.99 Å². The van der Waals surface area contributed by atoms with Crippen LogP contribution in [0.15, 0.2) is 27.6 Å². The molecule has 0 unspecified atom stereocenters. The first-order valence-corrected chi connectivity index (χ1v) is 7.42. The summed E-state index contributed by atoms with van der Waals surface area (Å²) in [7, 11) is 0. The van der Waals surface area contributed by atoms with Gasteiger partial charge in [-0.3, -0.25) is 4.99 Å². The summed E-state index contributed by atoms with van der Waals surface area (Å²) in [5.41, 5.74) is 11.8. The van der Waals surface area contributed by atoms with E-state index in [9.17, 15) is 4.79 Å². The molecule has 7 heteroatoms. The molecule has 0 saturated heterocycles. The van der Waals surface area contributed by atoms with Crippen LogP contribution in [0.3, 0.4) is 0 Å². The minimum atomic E-state index is -0.472. The summed E-state index contributed by atoms with van der Waals surface area (Å²) in [6.45, 7) is 4.81. The number of furan rings is 1. The first-order valence-electron chi connectivity index (χ1n) is 7.42. The summed E-state index contributed by atoms with van der Waals surface area (Å²) >= 11 is 0. The number of fused-ring (bicyclic) bond motifs is 1. The Hall–Kier alpha value is -2.70. The second-order valence-corrected chi connectivity index (χ2v) is 4.91. The quantitative estimate of drug-likeness (QED) is 0.349. The fourth-order valence-corrected chi connectivity index (χ4v) is 2.23. The van der Waals surface area contributed by atoms with Gasteiger partial charge in [0.05, 0.1) is 18.6 Å². The average Bonchev–Trinajstić information content (AvgIpc) is 2.85. The van der Waals surface area contributed by atoms with Crippen molar-refractivity contribution in [2.75, 3.05) is 19.8 Å². The van der Waals surface area contributed by atoms with Crippen LogP contribution in [0.1, 0.15) is 29.5 Å². The normalized spacial score (nSPS) is 10.5. The van der Waals surface area contributed by atoms with Gasteiger partial charge in [-0.05, 0) is 26.0 Å². The van der Waals surface area contributed by atoms with E-state index in [-0.39, 0.29) is 11.7 Å². The summed E-state index contributed by atoms with van der Waals surface area (Å²) in [6, 6.07) is 5.43. The number of benzene rings is 1. The Balaban J connectivity index is 2.17. The third kappa shape index (κ3) is 3.94. The number of nitrogens with two attached hydrogens (primary N) is 2. The van der Waals surface area contributed by atoms with E-state index in [4.69, 9.17) is 25.4 Å². The van der Waals surface area contributed by atoms with Crippen molar-refractivity contribution in [3.05, 3.63) is 29.5 Å². The van der Waals surface area contributed by atoms with E-state index < -0.39 is 5.97 Å². The lowest BCUT2D eigenvalue weighted by Gasteiger charge is -2.06. The highest BCUT2D eigenvalue weighted by atomic mass is 16.5. The molecule has 2 rings (SSSR count). The Bertz CT molecular complexity index is 717. The van der Waals surface area contributed by atoms with E-state index in [0.717, 1.165) is 5.39 Å². The third-order valence-corrected chi connectivity index (χ3v) is 3.23. The first-order chi connectivity index (χ1) is 11.0. The molecule has 0 aliphatic heterocycles. The van der Waals surface area contributed by atoms with Gasteiger partial charge in [-0.1, -0.05) is 6.07 Å². The van der Waals surface area contributed by atoms with Crippen molar-refractivity contribution >= 4 is 22.9 Å². The summed E-state index contributed by atoms with van der Waals surface area (Å²) in [5.74, 6) is 0.458. The number of ether oxygens (including phenoxy) is 2. The van der Waals surface area contributed by atoms with Gasteiger partial charge in [-0.25, -0.2) is 4.79 Å². The van der Waals surface area contributed by atoms with Gasteiger partial charge in [0.15, 0.2) is 5.96 Å². The van der Waals surface area contributed by atoms with Gasteiger partial charge in [-0.2, -0.15) is 0 Å². The van der Waals surface area contributed by atoms with Crippen LogP contribution in [0.2, 0.25) is 0 Å². The van der Waals surface area contributed by atoms with Crippen LogP contribution in [0, 0.1) is 6.92 Å². The maximum Gasteiger partial charge on any atom is 0.374 e. The van der Waals surface area contributed by atoms with Crippen molar-refractivity contribution in [3.63, 3.8) is 0 Å². The molecule has 0 spiro atoms. The average molecular weight is 319 g/mol. The minimum absolute atomic E-state index is 0.0665. The zero-order chi connectivity index (χ0) is 16.8. The van der Waals surface area contributed by atoms with E-state index in [1.54, 1.807) is 13.0 Å². The molecular weight excluding hydrogens is 298 g/mol. The first kappa shape index (κ1) is 16.7. The Labute approximate surface area is 134 Å². The van der Waals surface area contributed by atoms with Crippen LogP contribution in [-0.2, 0) is 4.74 Å². The van der Waals surface area contributed by atoms with Crippen LogP contribution in [0.5, 0.6) is 5.75 Å². The highest BCUT2D eigenvalue weighted by molar-refractivity contribution is 5.98. The van der Waals surface area contributed by atoms with Crippen LogP contribution in [0.25, 0.3) is 11.0 Å². The summed E-state index contributed by atoms with van der Waals surface area (Å²) < 4.78 is 16.4. The number of aryl methyl sites for hydroxylation is 1. The number of hydrogen-bond donors (Lipinski definition) is 2. The number of esters is 1. The minimum Gasteiger partial charge on any atom is -0.493 e. The topological polar surface area (TPSA) is 113 Å². The number of guanidine groups is 1. The van der Waals surface area contributed by atoms with Crippen molar-refractivity contribution in [1.29, 1.82) is 0 Å². The molecule has 1 aromatic carbocycles. The molecule has 1 aromatic heterocycles. The predicted octanol–water partition coefficient (Wildman–Crippen LogP) is 1.96. The Kier molecular flexibility index (Phi) is 5.46. The maximum absolute atomic E-state index is 11.9. The standard InChI is InChI=1S/C16H21N3O4/c1-3-21-15(20)14-10(2)13-11(6-4-7-12(13)23-14)22-9-5-8-19-16(17)18/h4,6-7H,3,5,8-9H2,1-2H3,(H4,17,18,19). The van der Waals surface area contributed by atoms with Crippen LogP contribution in [-0.4, -0.2) is 31.7 Å². The highest BCUT2D eigenvalue weighted by Crippen LogP contribution is 2.33. The molecule has 1 heterocycles. The van der Waals surface area contributed by atoms with Crippen LogP contribution >= 0.6 is 0 Å². The highest BCUT2D eigenvalue weighted by Gasteiger charge is 2.21.